The van der Waals surface area contributed by atoms with E-state index in [1.54, 1.807) is 0 Å². The third-order valence-corrected chi connectivity index (χ3v) is 2.63. The fourth-order valence-corrected chi connectivity index (χ4v) is 1.79. The van der Waals surface area contributed by atoms with Crippen LogP contribution >= 0.6 is 15.9 Å². The van der Waals surface area contributed by atoms with Gasteiger partial charge in [-0.25, -0.2) is 0 Å². The van der Waals surface area contributed by atoms with Gasteiger partial charge >= 0.3 is 12.8 Å². The van der Waals surface area contributed by atoms with Crippen LogP contribution in [0, 0.1) is 0 Å². The molecule has 0 fully saturated rings. The molecule has 18 heavy (non-hydrogen) atoms. The van der Waals surface area contributed by atoms with Crippen LogP contribution < -0.4 is 4.74 Å². The molecule has 0 atom stereocenters. The minimum Gasteiger partial charge on any atom is -0.434 e. The Kier molecular flexibility index (Phi) is 4.31. The maximum absolute atomic E-state index is 12.6. The predicted octanol–water partition coefficient (Wildman–Crippen LogP) is 4.27. The summed E-state index contributed by atoms with van der Waals surface area (Å²) in [5.41, 5.74) is -1.68. The monoisotopic (exact) mass is 332 g/mol. The molecule has 0 heterocycles. The number of halogens is 6. The molecule has 2 nitrogen and oxygen atoms in total. The lowest BCUT2D eigenvalue weighted by Crippen LogP contribution is -2.11. The van der Waals surface area contributed by atoms with Crippen molar-refractivity contribution in [3.05, 3.63) is 27.7 Å². The van der Waals surface area contributed by atoms with Crippen molar-refractivity contribution in [3.8, 4) is 5.75 Å². The fourth-order valence-electron chi connectivity index (χ4n) is 1.24. The average Bonchev–Trinajstić information content (AvgIpc) is 2.13. The molecule has 0 radical (unpaired) electrons. The van der Waals surface area contributed by atoms with Crippen LogP contribution in [0.3, 0.4) is 0 Å². The molecule has 100 valence electrons. The van der Waals surface area contributed by atoms with Crippen molar-refractivity contribution in [2.45, 2.75) is 19.7 Å². The van der Waals surface area contributed by atoms with E-state index >= 15 is 0 Å². The molecule has 0 saturated carbocycles. The van der Waals surface area contributed by atoms with Gasteiger partial charge in [-0.1, -0.05) is 15.9 Å². The Labute approximate surface area is 107 Å². The van der Waals surface area contributed by atoms with Gasteiger partial charge in [0.25, 0.3) is 0 Å². The van der Waals surface area contributed by atoms with Gasteiger partial charge in [-0.15, -0.1) is 0 Å². The number of rotatable bonds is 3. The van der Waals surface area contributed by atoms with E-state index in [0.717, 1.165) is 6.92 Å². The first-order valence-electron chi connectivity index (χ1n) is 4.49. The average molecular weight is 333 g/mol. The maximum Gasteiger partial charge on any atom is 0.417 e. The summed E-state index contributed by atoms with van der Waals surface area (Å²) in [6.45, 7) is -2.27. The SMILES string of the molecule is CC(=O)c1cc(C(F)(F)F)c(Br)cc1OC(F)F. The van der Waals surface area contributed by atoms with Crippen LogP contribution in [0.15, 0.2) is 16.6 Å². The first-order valence-corrected chi connectivity index (χ1v) is 5.28. The van der Waals surface area contributed by atoms with Crippen LogP contribution in [-0.2, 0) is 6.18 Å². The summed E-state index contributed by atoms with van der Waals surface area (Å²) in [6.07, 6.45) is -4.70. The maximum atomic E-state index is 12.6. The highest BCUT2D eigenvalue weighted by Gasteiger charge is 2.34. The van der Waals surface area contributed by atoms with Crippen molar-refractivity contribution in [2.75, 3.05) is 0 Å². The van der Waals surface area contributed by atoms with Crippen molar-refractivity contribution in [3.63, 3.8) is 0 Å². The number of carbonyl (C=O) groups excluding carboxylic acids is 1. The Bertz CT molecular complexity index is 470. The highest BCUT2D eigenvalue weighted by molar-refractivity contribution is 9.10. The summed E-state index contributed by atoms with van der Waals surface area (Å²) in [7, 11) is 0. The third-order valence-electron chi connectivity index (χ3n) is 1.97. The molecule has 0 bridgehead atoms. The summed E-state index contributed by atoms with van der Waals surface area (Å²) in [4.78, 5) is 11.1. The number of ketones is 1. The molecule has 1 rings (SSSR count). The number of benzene rings is 1. The van der Waals surface area contributed by atoms with Gasteiger partial charge in [0.2, 0.25) is 0 Å². The minimum absolute atomic E-state index is 0.476. The summed E-state index contributed by atoms with van der Waals surface area (Å²) in [6, 6.07) is 1.18. The number of ether oxygens (including phenoxy) is 1. The Morgan fingerprint density at radius 2 is 1.89 bits per heavy atom. The van der Waals surface area contributed by atoms with E-state index in [2.05, 4.69) is 20.7 Å². The lowest BCUT2D eigenvalue weighted by Gasteiger charge is -2.14. The zero-order valence-corrected chi connectivity index (χ0v) is 10.4. The van der Waals surface area contributed by atoms with E-state index in [1.807, 2.05) is 0 Å². The standard InChI is InChI=1S/C10H6BrF5O2/c1-4(17)5-2-6(10(14,15)16)7(11)3-8(5)18-9(12)13/h2-3,9H,1H3. The Morgan fingerprint density at radius 1 is 1.33 bits per heavy atom. The minimum atomic E-state index is -4.70. The van der Waals surface area contributed by atoms with Gasteiger partial charge in [-0.05, 0) is 19.1 Å². The first kappa shape index (κ1) is 14.9. The quantitative estimate of drug-likeness (QED) is 0.610. The lowest BCUT2D eigenvalue weighted by atomic mass is 10.1. The van der Waals surface area contributed by atoms with Gasteiger partial charge in [0.15, 0.2) is 5.78 Å². The second-order valence-electron chi connectivity index (χ2n) is 3.26. The van der Waals surface area contributed by atoms with E-state index in [4.69, 9.17) is 0 Å². The molecule has 0 spiro atoms. The molecule has 0 aromatic heterocycles. The van der Waals surface area contributed by atoms with Crippen LogP contribution in [0.4, 0.5) is 22.0 Å². The van der Waals surface area contributed by atoms with Crippen molar-refractivity contribution in [1.29, 1.82) is 0 Å². The Hall–Kier alpha value is -1.18. The third kappa shape index (κ3) is 3.41. The lowest BCUT2D eigenvalue weighted by molar-refractivity contribution is -0.138. The smallest absolute Gasteiger partial charge is 0.417 e. The first-order chi connectivity index (χ1) is 8.12. The highest BCUT2D eigenvalue weighted by Crippen LogP contribution is 2.39. The van der Waals surface area contributed by atoms with Gasteiger partial charge in [0.1, 0.15) is 5.75 Å². The van der Waals surface area contributed by atoms with Gasteiger partial charge in [-0.2, -0.15) is 22.0 Å². The Balaban J connectivity index is 3.39. The van der Waals surface area contributed by atoms with Gasteiger partial charge in [-0.3, -0.25) is 4.79 Å². The number of carbonyl (C=O) groups is 1. The second-order valence-corrected chi connectivity index (χ2v) is 4.11. The molecule has 0 unspecified atom stereocenters. The van der Waals surface area contributed by atoms with Crippen molar-refractivity contribution >= 4 is 21.7 Å². The number of hydrogen-bond acceptors (Lipinski definition) is 2. The number of hydrogen-bond donors (Lipinski definition) is 0. The molecule has 0 saturated heterocycles. The molecule has 0 N–H and O–H groups in total. The van der Waals surface area contributed by atoms with E-state index < -0.39 is 39.9 Å². The zero-order chi connectivity index (χ0) is 14.1. The van der Waals surface area contributed by atoms with Crippen molar-refractivity contribution in [1.82, 2.24) is 0 Å². The van der Waals surface area contributed by atoms with Gasteiger partial charge in [0, 0.05) is 4.47 Å². The molecule has 1 aromatic rings. The molecule has 0 aliphatic rings. The van der Waals surface area contributed by atoms with Crippen LogP contribution in [0.1, 0.15) is 22.8 Å². The second kappa shape index (κ2) is 5.21. The number of Topliss-reactive ketones (excluding diaryl/α,β-unsaturated/α-hetero) is 1. The summed E-state index contributed by atoms with van der Waals surface area (Å²) in [5.74, 6) is -1.40. The molecule has 0 aliphatic carbocycles. The normalized spacial score (nSPS) is 11.8. The zero-order valence-electron chi connectivity index (χ0n) is 8.82. The van der Waals surface area contributed by atoms with E-state index in [-0.39, 0.29) is 0 Å². The molecule has 0 amide bonds. The summed E-state index contributed by atoms with van der Waals surface area (Å²) < 4.78 is 65.3. The van der Waals surface area contributed by atoms with E-state index in [9.17, 15) is 26.7 Å². The largest absolute Gasteiger partial charge is 0.434 e. The molecule has 0 aliphatic heterocycles. The number of alkyl halides is 5. The van der Waals surface area contributed by atoms with Crippen LogP contribution in [0.25, 0.3) is 0 Å². The predicted molar refractivity (Wildman–Crippen MR) is 55.8 cm³/mol. The Morgan fingerprint density at radius 3 is 2.28 bits per heavy atom. The van der Waals surface area contributed by atoms with E-state index in [1.165, 1.54) is 0 Å². The van der Waals surface area contributed by atoms with Crippen molar-refractivity contribution in [2.24, 2.45) is 0 Å². The molecule has 1 aromatic carbocycles. The molecular weight excluding hydrogens is 327 g/mol. The highest BCUT2D eigenvalue weighted by atomic mass is 79.9. The van der Waals surface area contributed by atoms with Gasteiger partial charge < -0.3 is 4.74 Å². The van der Waals surface area contributed by atoms with Crippen molar-refractivity contribution < 1.29 is 31.5 Å². The molecule has 8 heteroatoms. The van der Waals surface area contributed by atoms with Crippen LogP contribution in [-0.4, -0.2) is 12.4 Å². The fraction of sp³-hybridized carbons (Fsp3) is 0.300. The summed E-state index contributed by atoms with van der Waals surface area (Å²) >= 11 is 2.60. The summed E-state index contributed by atoms with van der Waals surface area (Å²) in [5, 5.41) is 0. The van der Waals surface area contributed by atoms with Crippen LogP contribution in [0.5, 0.6) is 5.75 Å². The van der Waals surface area contributed by atoms with Gasteiger partial charge in [0.05, 0.1) is 11.1 Å². The molecular formula is C10H6BrF5O2. The van der Waals surface area contributed by atoms with E-state index in [0.29, 0.717) is 12.1 Å². The van der Waals surface area contributed by atoms with Crippen LogP contribution in [0.2, 0.25) is 0 Å². The topological polar surface area (TPSA) is 26.3 Å².